The second-order valence-electron chi connectivity index (χ2n) is 1.74. The lowest BCUT2D eigenvalue weighted by Crippen LogP contribution is -2.18. The topological polar surface area (TPSA) is 24.4 Å². The maximum atomic E-state index is 12.3. The third kappa shape index (κ3) is 3.83. The molecule has 0 aliphatic heterocycles. The molecular formula is C7H11FN2S. The van der Waals surface area contributed by atoms with Crippen LogP contribution in [0.3, 0.4) is 0 Å². The number of aliphatic imine (C=N–C) groups is 1. The predicted molar refractivity (Wildman–Crippen MR) is 49.4 cm³/mol. The molecule has 0 aliphatic carbocycles. The van der Waals surface area contributed by atoms with E-state index in [1.165, 1.54) is 11.8 Å². The molecule has 2 nitrogen and oxygen atoms in total. The summed E-state index contributed by atoms with van der Waals surface area (Å²) in [6.45, 7) is 6.49. The molecule has 11 heavy (non-hydrogen) atoms. The van der Waals surface area contributed by atoms with Crippen LogP contribution in [0, 0.1) is 0 Å². The fourth-order valence-electron chi connectivity index (χ4n) is 0.395. The molecular weight excluding hydrogens is 163 g/mol. The second kappa shape index (κ2) is 4.96. The molecule has 0 heterocycles. The Balaban J connectivity index is 4.04. The van der Waals surface area contributed by atoms with E-state index >= 15 is 0 Å². The van der Waals surface area contributed by atoms with Gasteiger partial charge >= 0.3 is 0 Å². The van der Waals surface area contributed by atoms with Gasteiger partial charge in [0.15, 0.2) is 5.17 Å². The molecule has 0 aliphatic rings. The largest absolute Gasteiger partial charge is 0.333 e. The lowest BCUT2D eigenvalue weighted by molar-refractivity contribution is 0.647. The highest BCUT2D eigenvalue weighted by Gasteiger charge is 2.00. The first-order chi connectivity index (χ1) is 5.11. The molecule has 0 atom stereocenters. The summed E-state index contributed by atoms with van der Waals surface area (Å²) in [5.74, 6) is -0.569. The lowest BCUT2D eigenvalue weighted by Gasteiger charge is -2.06. The van der Waals surface area contributed by atoms with Crippen molar-refractivity contribution in [1.29, 1.82) is 0 Å². The molecule has 0 spiro atoms. The van der Waals surface area contributed by atoms with Crippen molar-refractivity contribution in [3.05, 3.63) is 24.7 Å². The van der Waals surface area contributed by atoms with Crippen LogP contribution < -0.4 is 5.32 Å². The number of allylic oxidation sites excluding steroid dienone is 1. The Kier molecular flexibility index (Phi) is 4.61. The maximum Gasteiger partial charge on any atom is 0.160 e. The SMILES string of the molecule is C=C(F)C(=C)NC(=NC)SC. The molecule has 4 heteroatoms. The number of rotatable bonds is 2. The van der Waals surface area contributed by atoms with Crippen molar-refractivity contribution >= 4 is 16.9 Å². The van der Waals surface area contributed by atoms with Crippen molar-refractivity contribution in [3.63, 3.8) is 0 Å². The molecule has 0 aromatic carbocycles. The van der Waals surface area contributed by atoms with Gasteiger partial charge in [0, 0.05) is 7.05 Å². The third-order valence-corrected chi connectivity index (χ3v) is 1.65. The highest BCUT2D eigenvalue weighted by atomic mass is 32.2. The van der Waals surface area contributed by atoms with E-state index in [2.05, 4.69) is 23.5 Å². The Hall–Kier alpha value is -0.770. The minimum atomic E-state index is -0.569. The summed E-state index contributed by atoms with van der Waals surface area (Å²) in [6, 6.07) is 0. The lowest BCUT2D eigenvalue weighted by atomic mass is 10.4. The van der Waals surface area contributed by atoms with Gasteiger partial charge in [-0.05, 0) is 6.26 Å². The number of hydrogen-bond donors (Lipinski definition) is 1. The molecule has 0 fully saturated rings. The first-order valence-electron chi connectivity index (χ1n) is 2.93. The molecule has 62 valence electrons. The summed E-state index contributed by atoms with van der Waals surface area (Å²) in [5, 5.41) is 3.28. The minimum absolute atomic E-state index is 0.153. The number of nitrogens with zero attached hydrogens (tertiary/aromatic N) is 1. The van der Waals surface area contributed by atoms with Crippen LogP contribution in [-0.2, 0) is 0 Å². The summed E-state index contributed by atoms with van der Waals surface area (Å²) < 4.78 is 12.3. The van der Waals surface area contributed by atoms with E-state index in [0.717, 1.165) is 0 Å². The Morgan fingerprint density at radius 2 is 2.09 bits per heavy atom. The molecule has 0 rings (SSSR count). The Morgan fingerprint density at radius 3 is 2.36 bits per heavy atom. The second-order valence-corrected chi connectivity index (χ2v) is 2.54. The zero-order valence-corrected chi connectivity index (χ0v) is 7.46. The maximum absolute atomic E-state index is 12.3. The standard InChI is InChI=1S/C7H11FN2S/c1-5(8)6(2)10-7(9-3)11-4/h1-2H2,3-4H3,(H,9,10). The van der Waals surface area contributed by atoms with Crippen molar-refractivity contribution in [2.45, 2.75) is 0 Å². The van der Waals surface area contributed by atoms with Crippen molar-refractivity contribution in [3.8, 4) is 0 Å². The van der Waals surface area contributed by atoms with Gasteiger partial charge in [0.05, 0.1) is 5.70 Å². The molecule has 0 bridgehead atoms. The first kappa shape index (κ1) is 10.2. The van der Waals surface area contributed by atoms with E-state index in [9.17, 15) is 4.39 Å². The van der Waals surface area contributed by atoms with Gasteiger partial charge < -0.3 is 5.32 Å². The van der Waals surface area contributed by atoms with Gasteiger partial charge in [-0.25, -0.2) is 4.39 Å². The van der Waals surface area contributed by atoms with E-state index in [4.69, 9.17) is 0 Å². The van der Waals surface area contributed by atoms with Crippen LogP contribution in [-0.4, -0.2) is 18.5 Å². The van der Waals surface area contributed by atoms with Crippen LogP contribution in [0.4, 0.5) is 4.39 Å². The Bertz CT molecular complexity index is 199. The zero-order chi connectivity index (χ0) is 8.85. The van der Waals surface area contributed by atoms with Crippen LogP contribution in [0.1, 0.15) is 0 Å². The Morgan fingerprint density at radius 1 is 1.55 bits per heavy atom. The van der Waals surface area contributed by atoms with Crippen molar-refractivity contribution in [2.24, 2.45) is 4.99 Å². The summed E-state index contributed by atoms with van der Waals surface area (Å²) >= 11 is 1.39. The molecule has 0 aromatic heterocycles. The van der Waals surface area contributed by atoms with Gasteiger partial charge in [-0.2, -0.15) is 0 Å². The molecule has 0 unspecified atom stereocenters. The smallest absolute Gasteiger partial charge is 0.160 e. The molecule has 0 saturated carbocycles. The van der Waals surface area contributed by atoms with Crippen molar-refractivity contribution < 1.29 is 4.39 Å². The third-order valence-electron chi connectivity index (χ3n) is 0.982. The molecule has 0 aromatic rings. The van der Waals surface area contributed by atoms with Crippen LogP contribution in [0.15, 0.2) is 29.7 Å². The Labute approximate surface area is 70.3 Å². The number of nitrogens with one attached hydrogen (secondary N) is 1. The van der Waals surface area contributed by atoms with Crippen LogP contribution in [0.5, 0.6) is 0 Å². The average molecular weight is 174 g/mol. The highest BCUT2D eigenvalue weighted by molar-refractivity contribution is 8.13. The monoisotopic (exact) mass is 174 g/mol. The minimum Gasteiger partial charge on any atom is -0.333 e. The first-order valence-corrected chi connectivity index (χ1v) is 4.15. The summed E-state index contributed by atoms with van der Waals surface area (Å²) in [5.41, 5.74) is 0.153. The number of hydrogen-bond acceptors (Lipinski definition) is 2. The predicted octanol–water partition coefficient (Wildman–Crippen LogP) is 1.92. The van der Waals surface area contributed by atoms with Crippen molar-refractivity contribution in [1.82, 2.24) is 5.32 Å². The fourth-order valence-corrected chi connectivity index (χ4v) is 0.803. The summed E-state index contributed by atoms with van der Waals surface area (Å²) in [4.78, 5) is 3.83. The summed E-state index contributed by atoms with van der Waals surface area (Å²) in [6.07, 6.45) is 1.84. The van der Waals surface area contributed by atoms with E-state index in [-0.39, 0.29) is 5.70 Å². The van der Waals surface area contributed by atoms with Crippen molar-refractivity contribution in [2.75, 3.05) is 13.3 Å². The molecule has 0 saturated heterocycles. The van der Waals surface area contributed by atoms with E-state index in [0.29, 0.717) is 5.17 Å². The highest BCUT2D eigenvalue weighted by Crippen LogP contribution is 2.04. The quantitative estimate of drug-likeness (QED) is 0.393. The van der Waals surface area contributed by atoms with E-state index in [1.54, 1.807) is 7.05 Å². The van der Waals surface area contributed by atoms with Gasteiger partial charge in [0.2, 0.25) is 0 Å². The van der Waals surface area contributed by atoms with Gasteiger partial charge in [-0.1, -0.05) is 24.9 Å². The van der Waals surface area contributed by atoms with Gasteiger partial charge in [-0.15, -0.1) is 0 Å². The molecule has 0 radical (unpaired) electrons. The van der Waals surface area contributed by atoms with Gasteiger partial charge in [0.1, 0.15) is 5.83 Å². The normalized spacial score (nSPS) is 11.0. The van der Waals surface area contributed by atoms with Gasteiger partial charge in [-0.3, -0.25) is 4.99 Å². The van der Waals surface area contributed by atoms with E-state index in [1.807, 2.05) is 6.26 Å². The number of thioether (sulfide) groups is 1. The average Bonchev–Trinajstić information content (AvgIpc) is 1.99. The number of amidine groups is 1. The van der Waals surface area contributed by atoms with Gasteiger partial charge in [0.25, 0.3) is 0 Å². The van der Waals surface area contributed by atoms with Crippen LogP contribution >= 0.6 is 11.8 Å². The number of halogens is 1. The molecule has 0 amide bonds. The summed E-state index contributed by atoms with van der Waals surface area (Å²) in [7, 11) is 1.62. The van der Waals surface area contributed by atoms with Crippen LogP contribution in [0.2, 0.25) is 0 Å². The van der Waals surface area contributed by atoms with E-state index < -0.39 is 5.83 Å². The molecule has 1 N–H and O–H groups in total. The van der Waals surface area contributed by atoms with Crippen LogP contribution in [0.25, 0.3) is 0 Å². The zero-order valence-electron chi connectivity index (χ0n) is 6.65. The fraction of sp³-hybridized carbons (Fsp3) is 0.286.